The highest BCUT2D eigenvalue weighted by atomic mass is 16.1. The van der Waals surface area contributed by atoms with E-state index in [1.807, 2.05) is 63.1 Å². The lowest BCUT2D eigenvalue weighted by atomic mass is 9.97. The van der Waals surface area contributed by atoms with Gasteiger partial charge in [0.15, 0.2) is 0 Å². The van der Waals surface area contributed by atoms with Gasteiger partial charge in [-0.05, 0) is 64.7 Å². The number of anilines is 1. The largest absolute Gasteiger partial charge is 0.373 e. The van der Waals surface area contributed by atoms with Crippen molar-refractivity contribution in [1.29, 1.82) is 0 Å². The first kappa shape index (κ1) is 21.1. The van der Waals surface area contributed by atoms with Gasteiger partial charge in [0.25, 0.3) is 0 Å². The summed E-state index contributed by atoms with van der Waals surface area (Å²) in [6.07, 6.45) is 12.4. The molecule has 34 heavy (non-hydrogen) atoms. The van der Waals surface area contributed by atoms with E-state index in [2.05, 4.69) is 37.5 Å². The van der Waals surface area contributed by atoms with E-state index in [-0.39, 0.29) is 0 Å². The molecule has 8 nitrogen and oxygen atoms in total. The van der Waals surface area contributed by atoms with Crippen LogP contribution in [-0.2, 0) is 11.8 Å². The number of amides is 1. The lowest BCUT2D eigenvalue weighted by molar-refractivity contribution is -0.113. The number of nitrogens with two attached hydrogens (primary N) is 1. The number of nitrogens with one attached hydrogen (secondary N) is 2. The van der Waals surface area contributed by atoms with Gasteiger partial charge in [-0.1, -0.05) is 0 Å². The molecule has 0 radical (unpaired) electrons. The maximum absolute atomic E-state index is 11.3. The van der Waals surface area contributed by atoms with Crippen LogP contribution in [0.5, 0.6) is 0 Å². The van der Waals surface area contributed by atoms with Crippen LogP contribution >= 0.6 is 0 Å². The fraction of sp³-hybridized carbons (Fsp3) is 0.0769. The van der Waals surface area contributed by atoms with E-state index in [0.29, 0.717) is 0 Å². The minimum atomic E-state index is -0.494. The second-order valence-electron chi connectivity index (χ2n) is 7.98. The SMILES string of the molecule is CNc1cc(-c2c[nH]c3ncc(-c4cc(/C=C/C(N)=O)cc(-c5cnn(C)c5)c4)cc23)ccn1. The minimum absolute atomic E-state index is 0.494. The molecule has 0 atom stereocenters. The van der Waals surface area contributed by atoms with E-state index >= 15 is 0 Å². The first-order valence-corrected chi connectivity index (χ1v) is 10.7. The number of nitrogens with zero attached hydrogens (tertiary/aromatic N) is 4. The highest BCUT2D eigenvalue weighted by molar-refractivity contribution is 5.96. The molecule has 0 fully saturated rings. The molecular weight excluding hydrogens is 426 g/mol. The zero-order valence-corrected chi connectivity index (χ0v) is 18.8. The number of rotatable bonds is 6. The molecule has 0 unspecified atom stereocenters. The third-order valence-corrected chi connectivity index (χ3v) is 5.63. The minimum Gasteiger partial charge on any atom is -0.373 e. The van der Waals surface area contributed by atoms with Gasteiger partial charge < -0.3 is 16.0 Å². The molecule has 168 valence electrons. The fourth-order valence-electron chi connectivity index (χ4n) is 3.96. The molecule has 5 rings (SSSR count). The zero-order valence-electron chi connectivity index (χ0n) is 18.8. The first-order valence-electron chi connectivity index (χ1n) is 10.7. The Labute approximate surface area is 196 Å². The van der Waals surface area contributed by atoms with Crippen molar-refractivity contribution >= 4 is 28.8 Å². The van der Waals surface area contributed by atoms with Gasteiger partial charge in [-0.3, -0.25) is 9.48 Å². The molecule has 0 saturated carbocycles. The highest BCUT2D eigenvalue weighted by Crippen LogP contribution is 2.33. The monoisotopic (exact) mass is 449 g/mol. The van der Waals surface area contributed by atoms with E-state index in [1.165, 1.54) is 6.08 Å². The maximum atomic E-state index is 11.3. The summed E-state index contributed by atoms with van der Waals surface area (Å²) in [6, 6.07) is 12.2. The van der Waals surface area contributed by atoms with Crippen molar-refractivity contribution in [2.75, 3.05) is 12.4 Å². The number of pyridine rings is 2. The number of carbonyl (C=O) groups excluding carboxylic acids is 1. The van der Waals surface area contributed by atoms with Crippen LogP contribution in [-0.4, -0.2) is 37.7 Å². The third-order valence-electron chi connectivity index (χ3n) is 5.63. The summed E-state index contributed by atoms with van der Waals surface area (Å²) < 4.78 is 1.76. The number of benzene rings is 1. The first-order chi connectivity index (χ1) is 16.5. The number of aromatic amines is 1. The predicted octanol–water partition coefficient (Wildman–Crippen LogP) is 4.23. The van der Waals surface area contributed by atoms with Crippen LogP contribution in [0.25, 0.3) is 50.5 Å². The second-order valence-corrected chi connectivity index (χ2v) is 7.98. The Hall–Kier alpha value is -4.72. The van der Waals surface area contributed by atoms with Gasteiger partial charge in [0, 0.05) is 67.0 Å². The van der Waals surface area contributed by atoms with E-state index < -0.39 is 5.91 Å². The van der Waals surface area contributed by atoms with Crippen LogP contribution in [0, 0.1) is 0 Å². The van der Waals surface area contributed by atoms with Crippen LogP contribution in [0.2, 0.25) is 0 Å². The van der Waals surface area contributed by atoms with Crippen LogP contribution in [0.15, 0.2) is 73.5 Å². The van der Waals surface area contributed by atoms with Crippen molar-refractivity contribution < 1.29 is 4.79 Å². The molecule has 0 spiro atoms. The molecule has 0 aliphatic carbocycles. The molecule has 4 N–H and O–H groups in total. The van der Waals surface area contributed by atoms with Gasteiger partial charge in [0.05, 0.1) is 6.20 Å². The summed E-state index contributed by atoms with van der Waals surface area (Å²) in [4.78, 5) is 23.6. The van der Waals surface area contributed by atoms with Gasteiger partial charge in [-0.15, -0.1) is 0 Å². The molecule has 5 aromatic rings. The van der Waals surface area contributed by atoms with Gasteiger partial charge in [0.2, 0.25) is 5.91 Å². The Morgan fingerprint density at radius 3 is 2.59 bits per heavy atom. The Kier molecular flexibility index (Phi) is 5.39. The smallest absolute Gasteiger partial charge is 0.241 e. The second kappa shape index (κ2) is 8.67. The summed E-state index contributed by atoms with van der Waals surface area (Å²) in [7, 11) is 3.73. The molecule has 4 aromatic heterocycles. The Bertz CT molecular complexity index is 1540. The predicted molar refractivity (Wildman–Crippen MR) is 135 cm³/mol. The van der Waals surface area contributed by atoms with Crippen LogP contribution in [0.1, 0.15) is 5.56 Å². The van der Waals surface area contributed by atoms with Crippen molar-refractivity contribution in [3.63, 3.8) is 0 Å². The molecule has 1 aromatic carbocycles. The third kappa shape index (κ3) is 4.16. The molecule has 0 aliphatic heterocycles. The fourth-order valence-corrected chi connectivity index (χ4v) is 3.96. The number of H-pyrrole nitrogens is 1. The lowest BCUT2D eigenvalue weighted by Crippen LogP contribution is -2.05. The van der Waals surface area contributed by atoms with Gasteiger partial charge >= 0.3 is 0 Å². The molecule has 0 saturated heterocycles. The van der Waals surface area contributed by atoms with Crippen LogP contribution < -0.4 is 11.1 Å². The van der Waals surface area contributed by atoms with Crippen molar-refractivity contribution in [2.24, 2.45) is 12.8 Å². The average Bonchev–Trinajstić information content (AvgIpc) is 3.48. The van der Waals surface area contributed by atoms with E-state index in [1.54, 1.807) is 17.0 Å². The van der Waals surface area contributed by atoms with Gasteiger partial charge in [-0.25, -0.2) is 9.97 Å². The van der Waals surface area contributed by atoms with E-state index in [4.69, 9.17) is 5.73 Å². The normalized spacial score (nSPS) is 11.4. The van der Waals surface area contributed by atoms with Crippen molar-refractivity contribution in [3.8, 4) is 33.4 Å². The summed E-state index contributed by atoms with van der Waals surface area (Å²) in [6.45, 7) is 0. The molecule has 0 aliphatic rings. The summed E-state index contributed by atoms with van der Waals surface area (Å²) in [5, 5.41) is 8.38. The summed E-state index contributed by atoms with van der Waals surface area (Å²) >= 11 is 0. The number of hydrogen-bond donors (Lipinski definition) is 3. The molecule has 0 bridgehead atoms. The Morgan fingerprint density at radius 2 is 1.85 bits per heavy atom. The van der Waals surface area contributed by atoms with Gasteiger partial charge in [0.1, 0.15) is 11.5 Å². The molecule has 1 amide bonds. The molecule has 8 heteroatoms. The number of fused-ring (bicyclic) bond motifs is 1. The number of aryl methyl sites for hydroxylation is 1. The number of aromatic nitrogens is 5. The topological polar surface area (TPSA) is 115 Å². The van der Waals surface area contributed by atoms with E-state index in [9.17, 15) is 4.79 Å². The lowest BCUT2D eigenvalue weighted by Gasteiger charge is -2.08. The number of primary amides is 1. The standard InChI is InChI=1S/C26H23N7O/c1-28-25-11-17(5-6-29-25)23-14-31-26-22(23)10-20(12-30-26)18-7-16(3-4-24(27)34)8-19(9-18)21-13-32-33(2)15-21/h3-15H,1-2H3,(H2,27,34)(H,28,29)(H,30,31)/b4-3+. The van der Waals surface area contributed by atoms with Crippen LogP contribution in [0.3, 0.4) is 0 Å². The maximum Gasteiger partial charge on any atom is 0.241 e. The zero-order chi connectivity index (χ0) is 23.7. The number of carbonyl (C=O) groups is 1. The number of hydrogen-bond acceptors (Lipinski definition) is 5. The van der Waals surface area contributed by atoms with Crippen LogP contribution in [0.4, 0.5) is 5.82 Å². The average molecular weight is 450 g/mol. The summed E-state index contributed by atoms with van der Waals surface area (Å²) in [5.41, 5.74) is 13.0. The highest BCUT2D eigenvalue weighted by Gasteiger charge is 2.12. The Balaban J connectivity index is 1.65. The van der Waals surface area contributed by atoms with E-state index in [0.717, 1.165) is 55.8 Å². The molecular formula is C26H23N7O. The van der Waals surface area contributed by atoms with Crippen molar-refractivity contribution in [3.05, 3.63) is 79.0 Å². The van der Waals surface area contributed by atoms with Crippen molar-refractivity contribution in [1.82, 2.24) is 24.7 Å². The Morgan fingerprint density at radius 1 is 1.03 bits per heavy atom. The van der Waals surface area contributed by atoms with Gasteiger partial charge in [-0.2, -0.15) is 5.10 Å². The quantitative estimate of drug-likeness (QED) is 0.336. The van der Waals surface area contributed by atoms with Crippen molar-refractivity contribution in [2.45, 2.75) is 0 Å². The summed E-state index contributed by atoms with van der Waals surface area (Å²) in [5.74, 6) is 0.303. The molecule has 4 heterocycles.